The number of pyridine rings is 1. The molecule has 0 saturated heterocycles. The first kappa shape index (κ1) is 23.2. The van der Waals surface area contributed by atoms with Gasteiger partial charge in [-0.25, -0.2) is 0 Å². The number of allylic oxidation sites excluding steroid dienone is 1. The van der Waals surface area contributed by atoms with Crippen LogP contribution >= 0.6 is 0 Å². The van der Waals surface area contributed by atoms with Gasteiger partial charge < -0.3 is 15.0 Å². The Morgan fingerprint density at radius 2 is 1.76 bits per heavy atom. The minimum atomic E-state index is -1.09. The van der Waals surface area contributed by atoms with E-state index >= 15 is 0 Å². The van der Waals surface area contributed by atoms with Gasteiger partial charge in [-0.05, 0) is 62.5 Å². The fourth-order valence-corrected chi connectivity index (χ4v) is 5.07. The maximum absolute atomic E-state index is 13.3. The molecule has 4 rings (SSSR count). The van der Waals surface area contributed by atoms with Crippen molar-refractivity contribution in [3.05, 3.63) is 107 Å². The molecule has 0 amide bonds. The number of rotatable bonds is 8. The Kier molecular flexibility index (Phi) is 7.26. The quantitative estimate of drug-likeness (QED) is 0.471. The summed E-state index contributed by atoms with van der Waals surface area (Å²) in [4.78, 5) is 18.4. The van der Waals surface area contributed by atoms with Gasteiger partial charge in [0.1, 0.15) is 0 Å². The number of H-pyrrole nitrogens is 1. The summed E-state index contributed by atoms with van der Waals surface area (Å²) < 4.78 is 0. The molecule has 4 heteroatoms. The molecular weight excluding hydrogens is 408 g/mol. The molecule has 172 valence electrons. The molecular formula is C29H34N2O2. The number of aromatic amines is 1. The summed E-state index contributed by atoms with van der Waals surface area (Å²) in [5, 5.41) is 12.5. The molecule has 0 spiro atoms. The van der Waals surface area contributed by atoms with Gasteiger partial charge in [0.2, 0.25) is 0 Å². The summed E-state index contributed by atoms with van der Waals surface area (Å²) in [6, 6.07) is 22.0. The molecule has 2 aromatic carbocycles. The molecule has 3 aromatic rings. The first-order valence-electron chi connectivity index (χ1n) is 11.9. The van der Waals surface area contributed by atoms with E-state index in [2.05, 4.69) is 22.0 Å². The van der Waals surface area contributed by atoms with Gasteiger partial charge in [-0.2, -0.15) is 0 Å². The number of aliphatic hydroxyl groups is 1. The van der Waals surface area contributed by atoms with Crippen LogP contribution in [0.2, 0.25) is 0 Å². The third-order valence-electron chi connectivity index (χ3n) is 6.84. The number of hydrogen-bond donors (Lipinski definition) is 2. The van der Waals surface area contributed by atoms with Crippen molar-refractivity contribution in [3.8, 4) is 11.1 Å². The average molecular weight is 443 g/mol. The molecule has 0 fully saturated rings. The zero-order valence-electron chi connectivity index (χ0n) is 19.6. The highest BCUT2D eigenvalue weighted by molar-refractivity contribution is 5.63. The Morgan fingerprint density at radius 1 is 1.06 bits per heavy atom. The van der Waals surface area contributed by atoms with Crippen molar-refractivity contribution in [2.45, 2.75) is 37.2 Å². The van der Waals surface area contributed by atoms with Crippen LogP contribution < -0.4 is 5.56 Å². The summed E-state index contributed by atoms with van der Waals surface area (Å²) in [6.07, 6.45) is 9.70. The van der Waals surface area contributed by atoms with Gasteiger partial charge in [0, 0.05) is 30.1 Å². The number of benzene rings is 2. The summed E-state index contributed by atoms with van der Waals surface area (Å²) in [5.74, 6) is -0.463. The highest BCUT2D eigenvalue weighted by atomic mass is 16.3. The maximum Gasteiger partial charge on any atom is 0.251 e. The van der Waals surface area contributed by atoms with Crippen LogP contribution in [0.25, 0.3) is 11.1 Å². The van der Waals surface area contributed by atoms with Crippen LogP contribution in [-0.2, 0) is 0 Å². The third-order valence-corrected chi connectivity index (χ3v) is 6.84. The van der Waals surface area contributed by atoms with Gasteiger partial charge in [-0.1, -0.05) is 72.8 Å². The Hall–Kier alpha value is -2.95. The first-order valence-corrected chi connectivity index (χ1v) is 11.9. The van der Waals surface area contributed by atoms with Gasteiger partial charge >= 0.3 is 0 Å². The molecule has 3 unspecified atom stereocenters. The molecule has 0 radical (unpaired) electrons. The Labute approximate surface area is 196 Å². The molecule has 33 heavy (non-hydrogen) atoms. The van der Waals surface area contributed by atoms with Crippen molar-refractivity contribution in [2.75, 3.05) is 20.6 Å². The molecule has 1 heterocycles. The van der Waals surface area contributed by atoms with E-state index in [1.807, 2.05) is 80.8 Å². The lowest BCUT2D eigenvalue weighted by Crippen LogP contribution is -2.47. The molecule has 1 aromatic heterocycles. The minimum absolute atomic E-state index is 0.0174. The van der Waals surface area contributed by atoms with Crippen molar-refractivity contribution < 1.29 is 5.11 Å². The van der Waals surface area contributed by atoms with E-state index in [1.165, 1.54) is 0 Å². The smallest absolute Gasteiger partial charge is 0.251 e. The van der Waals surface area contributed by atoms with E-state index in [-0.39, 0.29) is 11.5 Å². The van der Waals surface area contributed by atoms with Crippen molar-refractivity contribution in [3.63, 3.8) is 0 Å². The second kappa shape index (κ2) is 10.3. The van der Waals surface area contributed by atoms with E-state index < -0.39 is 11.5 Å². The van der Waals surface area contributed by atoms with E-state index in [0.717, 1.165) is 42.5 Å². The monoisotopic (exact) mass is 442 g/mol. The van der Waals surface area contributed by atoms with E-state index in [4.69, 9.17) is 0 Å². The zero-order valence-corrected chi connectivity index (χ0v) is 19.6. The predicted octanol–water partition coefficient (Wildman–Crippen LogP) is 5.21. The lowest BCUT2D eigenvalue weighted by atomic mass is 9.66. The van der Waals surface area contributed by atoms with Crippen LogP contribution in [-0.4, -0.2) is 41.2 Å². The predicted molar refractivity (Wildman–Crippen MR) is 135 cm³/mol. The van der Waals surface area contributed by atoms with E-state index in [1.54, 1.807) is 6.20 Å². The van der Waals surface area contributed by atoms with Crippen LogP contribution in [0.5, 0.6) is 0 Å². The number of nitrogens with zero attached hydrogens (tertiary/aromatic N) is 1. The largest absolute Gasteiger partial charge is 0.388 e. The van der Waals surface area contributed by atoms with Gasteiger partial charge in [0.15, 0.2) is 0 Å². The average Bonchev–Trinajstić information content (AvgIpc) is 2.86. The van der Waals surface area contributed by atoms with Gasteiger partial charge in [-0.15, -0.1) is 0 Å². The van der Waals surface area contributed by atoms with Gasteiger partial charge in [0.25, 0.3) is 5.56 Å². The van der Waals surface area contributed by atoms with Crippen molar-refractivity contribution in [2.24, 2.45) is 5.92 Å². The fraction of sp³-hybridized carbons (Fsp3) is 0.345. The van der Waals surface area contributed by atoms with E-state index in [9.17, 15) is 9.90 Å². The van der Waals surface area contributed by atoms with Gasteiger partial charge in [-0.3, -0.25) is 4.79 Å². The molecule has 1 aliphatic rings. The number of hydrogen-bond acceptors (Lipinski definition) is 3. The van der Waals surface area contributed by atoms with Crippen LogP contribution in [0.4, 0.5) is 0 Å². The highest BCUT2D eigenvalue weighted by Crippen LogP contribution is 2.44. The fourth-order valence-electron chi connectivity index (χ4n) is 5.07. The van der Waals surface area contributed by atoms with Crippen LogP contribution in [0.15, 0.2) is 89.9 Å². The standard InChI is InChI=1S/C29H34N2O2/c1-31(2)19-18-29(33,25-16-10-5-11-17-25)27(23-14-8-4-9-15-23)26-20-24(21-30-28(26)32)22-12-6-3-7-13-22/h3-4,6-10,12-16,20-21,25,27,33H,5,11,17-19H2,1-2H3,(H,30,32). The highest BCUT2D eigenvalue weighted by Gasteiger charge is 2.45. The third kappa shape index (κ3) is 5.18. The van der Waals surface area contributed by atoms with Crippen molar-refractivity contribution in [1.29, 1.82) is 0 Å². The topological polar surface area (TPSA) is 56.3 Å². The van der Waals surface area contributed by atoms with Crippen molar-refractivity contribution in [1.82, 2.24) is 9.88 Å². The number of aromatic nitrogens is 1. The normalized spacial score (nSPS) is 18.7. The Balaban J connectivity index is 1.90. The van der Waals surface area contributed by atoms with Crippen LogP contribution in [0, 0.1) is 5.92 Å². The molecule has 3 atom stereocenters. The molecule has 1 aliphatic carbocycles. The first-order chi connectivity index (χ1) is 16.0. The van der Waals surface area contributed by atoms with Crippen LogP contribution in [0.3, 0.4) is 0 Å². The summed E-state index contributed by atoms with van der Waals surface area (Å²) in [5.41, 5.74) is 2.32. The molecule has 0 saturated carbocycles. The molecule has 0 bridgehead atoms. The second-order valence-corrected chi connectivity index (χ2v) is 9.39. The number of nitrogens with one attached hydrogen (secondary N) is 1. The lowest BCUT2D eigenvalue weighted by molar-refractivity contribution is -0.0331. The lowest BCUT2D eigenvalue weighted by Gasteiger charge is -2.43. The molecule has 0 aliphatic heterocycles. The summed E-state index contributed by atoms with van der Waals surface area (Å²) >= 11 is 0. The SMILES string of the molecule is CN(C)CCC(O)(C1C=CCCC1)C(c1ccccc1)c1cc(-c2ccccc2)c[nH]c1=O. The summed E-state index contributed by atoms with van der Waals surface area (Å²) in [7, 11) is 4.05. The van der Waals surface area contributed by atoms with Crippen LogP contribution in [0.1, 0.15) is 42.7 Å². The summed E-state index contributed by atoms with van der Waals surface area (Å²) in [6.45, 7) is 0.737. The molecule has 2 N–H and O–H groups in total. The Morgan fingerprint density at radius 3 is 2.39 bits per heavy atom. The van der Waals surface area contributed by atoms with Crippen molar-refractivity contribution >= 4 is 0 Å². The maximum atomic E-state index is 13.3. The minimum Gasteiger partial charge on any atom is -0.388 e. The van der Waals surface area contributed by atoms with Gasteiger partial charge in [0.05, 0.1) is 5.60 Å². The van der Waals surface area contributed by atoms with E-state index in [0.29, 0.717) is 12.0 Å². The Bertz CT molecular complexity index is 1120. The molecule has 4 nitrogen and oxygen atoms in total. The second-order valence-electron chi connectivity index (χ2n) is 9.39. The zero-order chi connectivity index (χ0) is 23.3.